The molecule has 1 fully saturated rings. The summed E-state index contributed by atoms with van der Waals surface area (Å²) in [6.07, 6.45) is 2.25. The van der Waals surface area contributed by atoms with E-state index < -0.39 is 0 Å². The smallest absolute Gasteiger partial charge is 0.0781 e. The monoisotopic (exact) mass is 214 g/mol. The SMILES string of the molecule is OC(Cc1csnn1)C1CCOCC1. The molecule has 4 nitrogen and oxygen atoms in total. The first-order valence-electron chi connectivity index (χ1n) is 4.88. The molecule has 78 valence electrons. The molecule has 0 radical (unpaired) electrons. The molecule has 1 aliphatic heterocycles. The molecular weight excluding hydrogens is 200 g/mol. The molecule has 14 heavy (non-hydrogen) atoms. The van der Waals surface area contributed by atoms with Crippen molar-refractivity contribution in [1.82, 2.24) is 9.59 Å². The zero-order valence-corrected chi connectivity index (χ0v) is 8.74. The molecule has 1 atom stereocenters. The van der Waals surface area contributed by atoms with Crippen LogP contribution >= 0.6 is 11.5 Å². The second-order valence-electron chi connectivity index (χ2n) is 3.62. The Balaban J connectivity index is 1.85. The van der Waals surface area contributed by atoms with Crippen LogP contribution in [0.3, 0.4) is 0 Å². The van der Waals surface area contributed by atoms with Crippen LogP contribution in [-0.4, -0.2) is 34.0 Å². The highest BCUT2D eigenvalue weighted by Crippen LogP contribution is 2.21. The number of nitrogens with zero attached hydrogens (tertiary/aromatic N) is 2. The van der Waals surface area contributed by atoms with E-state index in [-0.39, 0.29) is 6.10 Å². The van der Waals surface area contributed by atoms with Gasteiger partial charge in [0.15, 0.2) is 0 Å². The molecule has 0 saturated carbocycles. The fraction of sp³-hybridized carbons (Fsp3) is 0.778. The summed E-state index contributed by atoms with van der Waals surface area (Å²) in [6.45, 7) is 1.55. The lowest BCUT2D eigenvalue weighted by molar-refractivity contribution is 0.00806. The molecule has 0 bridgehead atoms. The average Bonchev–Trinajstić information content (AvgIpc) is 2.72. The van der Waals surface area contributed by atoms with E-state index in [1.165, 1.54) is 11.5 Å². The van der Waals surface area contributed by atoms with Gasteiger partial charge in [0, 0.05) is 25.0 Å². The van der Waals surface area contributed by atoms with Crippen LogP contribution in [0, 0.1) is 5.92 Å². The van der Waals surface area contributed by atoms with Gasteiger partial charge >= 0.3 is 0 Å². The molecule has 2 rings (SSSR count). The van der Waals surface area contributed by atoms with Gasteiger partial charge in [0.05, 0.1) is 11.8 Å². The van der Waals surface area contributed by atoms with Crippen LogP contribution in [0.1, 0.15) is 18.5 Å². The van der Waals surface area contributed by atoms with Crippen molar-refractivity contribution in [3.8, 4) is 0 Å². The molecule has 0 aromatic carbocycles. The van der Waals surface area contributed by atoms with Crippen LogP contribution in [0.25, 0.3) is 0 Å². The van der Waals surface area contributed by atoms with Crippen LogP contribution in [0.4, 0.5) is 0 Å². The van der Waals surface area contributed by atoms with Gasteiger partial charge < -0.3 is 9.84 Å². The van der Waals surface area contributed by atoms with E-state index in [2.05, 4.69) is 9.59 Å². The van der Waals surface area contributed by atoms with Gasteiger partial charge in [0.25, 0.3) is 0 Å². The topological polar surface area (TPSA) is 55.2 Å². The average molecular weight is 214 g/mol. The summed E-state index contributed by atoms with van der Waals surface area (Å²) < 4.78 is 9.02. The lowest BCUT2D eigenvalue weighted by atomic mass is 9.91. The van der Waals surface area contributed by atoms with Crippen LogP contribution in [0.5, 0.6) is 0 Å². The van der Waals surface area contributed by atoms with E-state index in [1.54, 1.807) is 0 Å². The van der Waals surface area contributed by atoms with Crippen molar-refractivity contribution in [2.24, 2.45) is 5.92 Å². The van der Waals surface area contributed by atoms with E-state index in [1.807, 2.05) is 5.38 Å². The normalized spacial score (nSPS) is 20.9. The number of ether oxygens (including phenoxy) is 1. The third-order valence-electron chi connectivity index (χ3n) is 2.63. The Bertz CT molecular complexity index is 260. The molecule has 1 aromatic heterocycles. The zero-order valence-electron chi connectivity index (χ0n) is 7.93. The molecule has 1 aromatic rings. The van der Waals surface area contributed by atoms with Crippen LogP contribution in [0.2, 0.25) is 0 Å². The van der Waals surface area contributed by atoms with Crippen LogP contribution in [-0.2, 0) is 11.2 Å². The standard InChI is InChI=1S/C9H14N2O2S/c12-9(5-8-6-14-11-10-8)7-1-3-13-4-2-7/h6-7,9,12H,1-5H2. The first-order valence-corrected chi connectivity index (χ1v) is 5.71. The second kappa shape index (κ2) is 4.82. The van der Waals surface area contributed by atoms with Crippen molar-refractivity contribution in [2.75, 3.05) is 13.2 Å². The lowest BCUT2D eigenvalue weighted by Crippen LogP contribution is -2.29. The summed E-state index contributed by atoms with van der Waals surface area (Å²) in [5, 5.41) is 15.7. The van der Waals surface area contributed by atoms with Crippen molar-refractivity contribution in [3.05, 3.63) is 11.1 Å². The molecular formula is C9H14N2O2S. The van der Waals surface area contributed by atoms with Crippen LogP contribution < -0.4 is 0 Å². The van der Waals surface area contributed by atoms with Crippen molar-refractivity contribution >= 4 is 11.5 Å². The number of hydrogen-bond donors (Lipinski definition) is 1. The summed E-state index contributed by atoms with van der Waals surface area (Å²) in [5.74, 6) is 0.366. The predicted octanol–water partition coefficient (Wildman–Crippen LogP) is 0.868. The third kappa shape index (κ3) is 2.50. The molecule has 0 amide bonds. The highest BCUT2D eigenvalue weighted by molar-refractivity contribution is 7.03. The molecule has 0 spiro atoms. The quantitative estimate of drug-likeness (QED) is 0.811. The lowest BCUT2D eigenvalue weighted by Gasteiger charge is -2.26. The van der Waals surface area contributed by atoms with Gasteiger partial charge in [0.1, 0.15) is 0 Å². The Morgan fingerprint density at radius 1 is 1.57 bits per heavy atom. The van der Waals surface area contributed by atoms with E-state index in [0.717, 1.165) is 31.7 Å². The number of aliphatic hydroxyl groups is 1. The van der Waals surface area contributed by atoms with E-state index >= 15 is 0 Å². The number of rotatable bonds is 3. The van der Waals surface area contributed by atoms with Crippen molar-refractivity contribution < 1.29 is 9.84 Å². The van der Waals surface area contributed by atoms with Gasteiger partial charge in [-0.3, -0.25) is 0 Å². The predicted molar refractivity (Wildman–Crippen MR) is 53.2 cm³/mol. The summed E-state index contributed by atoms with van der Waals surface area (Å²) in [7, 11) is 0. The van der Waals surface area contributed by atoms with Gasteiger partial charge in [-0.05, 0) is 30.3 Å². The van der Waals surface area contributed by atoms with Gasteiger partial charge in [0.2, 0.25) is 0 Å². The number of aromatic nitrogens is 2. The number of hydrogen-bond acceptors (Lipinski definition) is 5. The second-order valence-corrected chi connectivity index (χ2v) is 4.23. The fourth-order valence-electron chi connectivity index (χ4n) is 1.75. The van der Waals surface area contributed by atoms with Gasteiger partial charge in [-0.2, -0.15) is 0 Å². The minimum absolute atomic E-state index is 0.289. The highest BCUT2D eigenvalue weighted by Gasteiger charge is 2.22. The molecule has 2 heterocycles. The largest absolute Gasteiger partial charge is 0.392 e. The maximum Gasteiger partial charge on any atom is 0.0781 e. The minimum Gasteiger partial charge on any atom is -0.392 e. The van der Waals surface area contributed by atoms with E-state index in [9.17, 15) is 5.11 Å². The molecule has 1 unspecified atom stereocenters. The van der Waals surface area contributed by atoms with Gasteiger partial charge in [-0.25, -0.2) is 0 Å². The zero-order chi connectivity index (χ0) is 9.80. The molecule has 1 saturated heterocycles. The van der Waals surface area contributed by atoms with Crippen molar-refractivity contribution in [3.63, 3.8) is 0 Å². The first-order chi connectivity index (χ1) is 6.86. The molecule has 0 aliphatic carbocycles. The minimum atomic E-state index is -0.289. The maximum atomic E-state index is 9.93. The van der Waals surface area contributed by atoms with Crippen molar-refractivity contribution in [1.29, 1.82) is 0 Å². The number of aliphatic hydroxyl groups excluding tert-OH is 1. The third-order valence-corrected chi connectivity index (χ3v) is 3.19. The Hall–Kier alpha value is -0.520. The molecule has 1 N–H and O–H groups in total. The van der Waals surface area contributed by atoms with Gasteiger partial charge in [-0.1, -0.05) is 4.49 Å². The van der Waals surface area contributed by atoms with E-state index in [0.29, 0.717) is 12.3 Å². The van der Waals surface area contributed by atoms with Gasteiger partial charge in [-0.15, -0.1) is 5.10 Å². The first kappa shape index (κ1) is 10.0. The Kier molecular flexibility index (Phi) is 3.44. The summed E-state index contributed by atoms with van der Waals surface area (Å²) in [5.41, 5.74) is 0.897. The van der Waals surface area contributed by atoms with Crippen LogP contribution in [0.15, 0.2) is 5.38 Å². The van der Waals surface area contributed by atoms with E-state index in [4.69, 9.17) is 4.74 Å². The molecule has 1 aliphatic rings. The van der Waals surface area contributed by atoms with Crippen molar-refractivity contribution in [2.45, 2.75) is 25.4 Å². The summed E-state index contributed by atoms with van der Waals surface area (Å²) in [6, 6.07) is 0. The fourth-order valence-corrected chi connectivity index (χ4v) is 2.22. The summed E-state index contributed by atoms with van der Waals surface area (Å²) in [4.78, 5) is 0. The maximum absolute atomic E-state index is 9.93. The Morgan fingerprint density at radius 2 is 2.36 bits per heavy atom. The Labute approximate surface area is 87.1 Å². The Morgan fingerprint density at radius 3 is 3.00 bits per heavy atom. The summed E-state index contributed by atoms with van der Waals surface area (Å²) >= 11 is 1.33. The highest BCUT2D eigenvalue weighted by atomic mass is 32.1. The molecule has 5 heteroatoms.